The molecular weight excluding hydrogens is 308 g/mol. The lowest BCUT2D eigenvalue weighted by Crippen LogP contribution is -2.41. The predicted molar refractivity (Wildman–Crippen MR) is 94.0 cm³/mol. The van der Waals surface area contributed by atoms with E-state index in [0.717, 1.165) is 37.1 Å². The quantitative estimate of drug-likeness (QED) is 0.847. The van der Waals surface area contributed by atoms with Crippen molar-refractivity contribution in [2.24, 2.45) is 5.92 Å². The Hall–Kier alpha value is -1.48. The van der Waals surface area contributed by atoms with E-state index in [4.69, 9.17) is 11.6 Å². The van der Waals surface area contributed by atoms with Crippen LogP contribution in [0.2, 0.25) is 5.02 Å². The van der Waals surface area contributed by atoms with Gasteiger partial charge in [0, 0.05) is 33.6 Å². The Morgan fingerprint density at radius 1 is 1.26 bits per heavy atom. The molecule has 0 bridgehead atoms. The molecule has 1 heterocycles. The van der Waals surface area contributed by atoms with Gasteiger partial charge in [0.2, 0.25) is 5.91 Å². The van der Waals surface area contributed by atoms with Crippen molar-refractivity contribution < 1.29 is 4.79 Å². The highest BCUT2D eigenvalue weighted by atomic mass is 35.5. The van der Waals surface area contributed by atoms with E-state index in [1.165, 1.54) is 40.6 Å². The molecule has 2 aromatic rings. The summed E-state index contributed by atoms with van der Waals surface area (Å²) in [7, 11) is 0. The number of halogens is 1. The third-order valence-electron chi connectivity index (χ3n) is 5.53. The molecule has 2 aliphatic carbocycles. The van der Waals surface area contributed by atoms with E-state index in [-0.39, 0.29) is 17.9 Å². The number of carbonyl (C=O) groups is 1. The maximum atomic E-state index is 12.4. The molecule has 1 saturated carbocycles. The fourth-order valence-electron chi connectivity index (χ4n) is 4.28. The van der Waals surface area contributed by atoms with Gasteiger partial charge in [-0.2, -0.15) is 0 Å². The van der Waals surface area contributed by atoms with Crippen LogP contribution in [0.4, 0.5) is 0 Å². The monoisotopic (exact) mass is 330 g/mol. The van der Waals surface area contributed by atoms with Crippen molar-refractivity contribution in [2.75, 3.05) is 0 Å². The molecule has 0 spiro atoms. The van der Waals surface area contributed by atoms with Gasteiger partial charge in [0.25, 0.3) is 0 Å². The zero-order chi connectivity index (χ0) is 16.0. The lowest BCUT2D eigenvalue weighted by Gasteiger charge is -2.25. The molecule has 1 unspecified atom stereocenters. The second-order valence-corrected chi connectivity index (χ2v) is 7.59. The number of hydrogen-bond acceptors (Lipinski definition) is 1. The van der Waals surface area contributed by atoms with Crippen LogP contribution in [0.3, 0.4) is 0 Å². The Balaban J connectivity index is 1.57. The highest BCUT2D eigenvalue weighted by Crippen LogP contribution is 2.33. The minimum absolute atomic E-state index is 0.246. The molecule has 0 saturated heterocycles. The Morgan fingerprint density at radius 2 is 2.04 bits per heavy atom. The SMILES string of the molecule is Cc1cc(Cl)cc2c3c([nH]c12)CCC(NC(=O)C1CCCC1)C3. The predicted octanol–water partition coefficient (Wildman–Crippen LogP) is 4.29. The molecular formula is C19H23ClN2O. The first-order valence-electron chi connectivity index (χ1n) is 8.72. The summed E-state index contributed by atoms with van der Waals surface area (Å²) in [4.78, 5) is 16.0. The van der Waals surface area contributed by atoms with Crippen LogP contribution in [-0.2, 0) is 17.6 Å². The second kappa shape index (κ2) is 5.86. The number of H-pyrrole nitrogens is 1. The van der Waals surface area contributed by atoms with E-state index in [2.05, 4.69) is 23.3 Å². The number of carbonyl (C=O) groups excluding carboxylic acids is 1. The smallest absolute Gasteiger partial charge is 0.223 e. The van der Waals surface area contributed by atoms with E-state index in [1.807, 2.05) is 6.07 Å². The van der Waals surface area contributed by atoms with E-state index in [9.17, 15) is 4.79 Å². The average Bonchev–Trinajstić information content (AvgIpc) is 3.15. The first kappa shape index (κ1) is 15.1. The molecule has 1 aromatic carbocycles. The Morgan fingerprint density at radius 3 is 2.83 bits per heavy atom. The van der Waals surface area contributed by atoms with E-state index >= 15 is 0 Å². The summed E-state index contributed by atoms with van der Waals surface area (Å²) in [6, 6.07) is 4.32. The molecule has 122 valence electrons. The fourth-order valence-corrected chi connectivity index (χ4v) is 4.55. The van der Waals surface area contributed by atoms with Crippen LogP contribution in [0, 0.1) is 12.8 Å². The van der Waals surface area contributed by atoms with Gasteiger partial charge < -0.3 is 10.3 Å². The van der Waals surface area contributed by atoms with Gasteiger partial charge >= 0.3 is 0 Å². The molecule has 0 aliphatic heterocycles. The zero-order valence-corrected chi connectivity index (χ0v) is 14.3. The Bertz CT molecular complexity index is 758. The third kappa shape index (κ3) is 2.76. The summed E-state index contributed by atoms with van der Waals surface area (Å²) in [5.74, 6) is 0.515. The van der Waals surface area contributed by atoms with Crippen molar-refractivity contribution >= 4 is 28.4 Å². The van der Waals surface area contributed by atoms with Gasteiger partial charge in [-0.3, -0.25) is 4.79 Å². The van der Waals surface area contributed by atoms with Gasteiger partial charge in [-0.25, -0.2) is 0 Å². The molecule has 1 amide bonds. The zero-order valence-electron chi connectivity index (χ0n) is 13.5. The minimum Gasteiger partial charge on any atom is -0.358 e. The van der Waals surface area contributed by atoms with Crippen molar-refractivity contribution in [1.29, 1.82) is 0 Å². The van der Waals surface area contributed by atoms with Crippen molar-refractivity contribution in [1.82, 2.24) is 10.3 Å². The number of amides is 1. The molecule has 2 N–H and O–H groups in total. The van der Waals surface area contributed by atoms with Crippen LogP contribution in [0.1, 0.15) is 48.9 Å². The van der Waals surface area contributed by atoms with Gasteiger partial charge in [-0.05, 0) is 62.3 Å². The standard InChI is InChI=1S/C19H23ClN2O/c1-11-8-13(20)9-16-15-10-14(6-7-17(15)22-18(11)16)21-19(23)12-4-2-3-5-12/h8-9,12,14,22H,2-7,10H2,1H3,(H,21,23). The van der Waals surface area contributed by atoms with E-state index in [0.29, 0.717) is 0 Å². The maximum absolute atomic E-state index is 12.4. The highest BCUT2D eigenvalue weighted by molar-refractivity contribution is 6.31. The average molecular weight is 331 g/mol. The van der Waals surface area contributed by atoms with Crippen molar-refractivity contribution in [3.63, 3.8) is 0 Å². The van der Waals surface area contributed by atoms with Crippen LogP contribution in [-0.4, -0.2) is 16.9 Å². The normalized spacial score (nSPS) is 21.6. The number of aromatic amines is 1. The van der Waals surface area contributed by atoms with Crippen LogP contribution in [0.5, 0.6) is 0 Å². The van der Waals surface area contributed by atoms with Crippen LogP contribution < -0.4 is 5.32 Å². The number of rotatable bonds is 2. The van der Waals surface area contributed by atoms with Crippen LogP contribution in [0.25, 0.3) is 10.9 Å². The van der Waals surface area contributed by atoms with E-state index < -0.39 is 0 Å². The van der Waals surface area contributed by atoms with Crippen molar-refractivity contribution in [3.05, 3.63) is 34.0 Å². The number of fused-ring (bicyclic) bond motifs is 3. The molecule has 2 aliphatic rings. The molecule has 1 fully saturated rings. The lowest BCUT2D eigenvalue weighted by molar-refractivity contribution is -0.125. The minimum atomic E-state index is 0.246. The summed E-state index contributed by atoms with van der Waals surface area (Å²) in [5.41, 5.74) is 5.04. The van der Waals surface area contributed by atoms with Crippen molar-refractivity contribution in [2.45, 2.75) is 57.9 Å². The fraction of sp³-hybridized carbons (Fsp3) is 0.526. The number of aromatic nitrogens is 1. The lowest BCUT2D eigenvalue weighted by atomic mass is 9.90. The summed E-state index contributed by atoms with van der Waals surface area (Å²) in [5, 5.41) is 5.31. The van der Waals surface area contributed by atoms with Crippen LogP contribution >= 0.6 is 11.6 Å². The third-order valence-corrected chi connectivity index (χ3v) is 5.75. The topological polar surface area (TPSA) is 44.9 Å². The van der Waals surface area contributed by atoms with Gasteiger partial charge in [-0.1, -0.05) is 24.4 Å². The number of aryl methyl sites for hydroxylation is 2. The molecule has 23 heavy (non-hydrogen) atoms. The van der Waals surface area contributed by atoms with Gasteiger partial charge in [-0.15, -0.1) is 0 Å². The second-order valence-electron chi connectivity index (χ2n) is 7.16. The highest BCUT2D eigenvalue weighted by Gasteiger charge is 2.28. The maximum Gasteiger partial charge on any atom is 0.223 e. The first-order valence-corrected chi connectivity index (χ1v) is 9.09. The summed E-state index contributed by atoms with van der Waals surface area (Å²) < 4.78 is 0. The summed E-state index contributed by atoms with van der Waals surface area (Å²) >= 11 is 6.25. The largest absolute Gasteiger partial charge is 0.358 e. The molecule has 4 rings (SSSR count). The van der Waals surface area contributed by atoms with Gasteiger partial charge in [0.15, 0.2) is 0 Å². The Labute approximate surface area is 141 Å². The molecule has 1 atom stereocenters. The first-order chi connectivity index (χ1) is 11.1. The molecule has 4 heteroatoms. The molecule has 3 nitrogen and oxygen atoms in total. The van der Waals surface area contributed by atoms with Gasteiger partial charge in [0.1, 0.15) is 0 Å². The molecule has 1 aromatic heterocycles. The number of benzene rings is 1. The van der Waals surface area contributed by atoms with Gasteiger partial charge in [0.05, 0.1) is 0 Å². The van der Waals surface area contributed by atoms with E-state index in [1.54, 1.807) is 0 Å². The number of nitrogens with one attached hydrogen (secondary N) is 2. The number of hydrogen-bond donors (Lipinski definition) is 2. The van der Waals surface area contributed by atoms with Crippen LogP contribution in [0.15, 0.2) is 12.1 Å². The summed E-state index contributed by atoms with van der Waals surface area (Å²) in [6.45, 7) is 2.09. The Kier molecular flexibility index (Phi) is 3.84. The summed E-state index contributed by atoms with van der Waals surface area (Å²) in [6.07, 6.45) is 7.45. The van der Waals surface area contributed by atoms with Crippen molar-refractivity contribution in [3.8, 4) is 0 Å². The molecule has 0 radical (unpaired) electrons.